The number of aliphatic hydroxyl groups is 2. The largest absolute Gasteiger partial charge is 0.507 e. The van der Waals surface area contributed by atoms with Gasteiger partial charge in [-0.3, -0.25) is 14.4 Å². The molecular weight excluding hydrogens is 541 g/mol. The van der Waals surface area contributed by atoms with E-state index in [1.54, 1.807) is 6.92 Å². The number of halogens is 5. The first-order valence-electron chi connectivity index (χ1n) is 12.9. The zero-order valence-corrected chi connectivity index (χ0v) is 22.1. The first kappa shape index (κ1) is 29.9. The van der Waals surface area contributed by atoms with Crippen LogP contribution in [0, 0.1) is 11.8 Å². The highest BCUT2D eigenvalue weighted by atomic mass is 19.4. The van der Waals surface area contributed by atoms with Crippen molar-refractivity contribution < 1.29 is 51.7 Å². The first-order valence-corrected chi connectivity index (χ1v) is 12.9. The number of phenolic OH excluding ortho intramolecular Hbond substituents is 1. The summed E-state index contributed by atoms with van der Waals surface area (Å²) >= 11 is 0. The summed E-state index contributed by atoms with van der Waals surface area (Å²) in [6.45, 7) is 2.25. The molecule has 1 aromatic rings. The molecule has 0 radical (unpaired) electrons. The topological polar surface area (TPSA) is 124 Å². The van der Waals surface area contributed by atoms with E-state index in [9.17, 15) is 51.7 Å². The zero-order valence-electron chi connectivity index (χ0n) is 22.1. The minimum absolute atomic E-state index is 0.0724. The second-order valence-electron chi connectivity index (χ2n) is 10.9. The summed E-state index contributed by atoms with van der Waals surface area (Å²) in [5.41, 5.74) is -1.82. The number of aliphatic hydroxyl groups excluding tert-OH is 1. The van der Waals surface area contributed by atoms with Gasteiger partial charge in [0.05, 0.1) is 17.7 Å². The molecule has 7 nitrogen and oxygen atoms in total. The zero-order chi connectivity index (χ0) is 29.9. The predicted octanol–water partition coefficient (Wildman–Crippen LogP) is 4.27. The minimum Gasteiger partial charge on any atom is -0.507 e. The third kappa shape index (κ3) is 4.54. The molecule has 0 aliphatic heterocycles. The summed E-state index contributed by atoms with van der Waals surface area (Å²) in [5, 5.41) is 35.8. The smallest absolute Gasteiger partial charge is 0.454 e. The number of benzene rings is 1. The van der Waals surface area contributed by atoms with E-state index < -0.39 is 71.5 Å². The average Bonchev–Trinajstić information content (AvgIpc) is 2.83. The quantitative estimate of drug-likeness (QED) is 0.219. The van der Waals surface area contributed by atoms with E-state index >= 15 is 0 Å². The summed E-state index contributed by atoms with van der Waals surface area (Å²) in [6.07, 6.45) is -4.32. The molecule has 0 amide bonds. The van der Waals surface area contributed by atoms with Gasteiger partial charge in [-0.25, -0.2) is 0 Å². The van der Waals surface area contributed by atoms with Crippen LogP contribution in [0.4, 0.5) is 22.0 Å². The van der Waals surface area contributed by atoms with Gasteiger partial charge >= 0.3 is 12.1 Å². The maximum Gasteiger partial charge on any atom is 0.454 e. The Morgan fingerprint density at radius 3 is 2.33 bits per heavy atom. The van der Waals surface area contributed by atoms with Crippen LogP contribution in [0.5, 0.6) is 5.75 Å². The van der Waals surface area contributed by atoms with Crippen molar-refractivity contribution in [3.63, 3.8) is 0 Å². The number of ketones is 3. The van der Waals surface area contributed by atoms with E-state index in [1.165, 1.54) is 6.07 Å². The Morgan fingerprint density at radius 1 is 1.10 bits per heavy atom. The number of nitrogens with one attached hydrogen (secondary N) is 1. The second kappa shape index (κ2) is 10.1. The van der Waals surface area contributed by atoms with E-state index in [0.717, 1.165) is 6.92 Å². The fourth-order valence-corrected chi connectivity index (χ4v) is 6.31. The molecule has 1 fully saturated rings. The molecule has 0 bridgehead atoms. The SMILES string of the molecule is CCCc1cc(CNCC(F)(F)C(F)(F)F)c(O)c2c1C[C@H]1C[C@H]3CC(C)=C(C(C)=O)C(=O)[C@@]3(O)C(=O)C1=C2O. The van der Waals surface area contributed by atoms with Crippen LogP contribution in [0.3, 0.4) is 0 Å². The minimum atomic E-state index is -5.77. The number of hydrogen-bond acceptors (Lipinski definition) is 7. The molecule has 0 heterocycles. The lowest BCUT2D eigenvalue weighted by atomic mass is 9.57. The van der Waals surface area contributed by atoms with Crippen molar-refractivity contribution in [2.45, 2.75) is 77.1 Å². The van der Waals surface area contributed by atoms with Crippen LogP contribution in [-0.4, -0.2) is 56.9 Å². The van der Waals surface area contributed by atoms with Crippen LogP contribution in [0.1, 0.15) is 62.3 Å². The van der Waals surface area contributed by atoms with E-state index in [4.69, 9.17) is 0 Å². The molecular formula is C28H30F5NO6. The number of aryl methyl sites for hydroxylation is 1. The van der Waals surface area contributed by atoms with Crippen molar-refractivity contribution in [3.05, 3.63) is 45.0 Å². The maximum absolute atomic E-state index is 13.7. The number of carbonyl (C=O) groups excluding carboxylic acids is 3. The number of carbonyl (C=O) groups is 3. The average molecular weight is 572 g/mol. The molecule has 4 rings (SSSR count). The Morgan fingerprint density at radius 2 is 1.75 bits per heavy atom. The highest BCUT2D eigenvalue weighted by Gasteiger charge is 2.61. The van der Waals surface area contributed by atoms with Crippen molar-refractivity contribution in [3.8, 4) is 5.75 Å². The number of Topliss-reactive ketones (excluding diaryl/α,β-unsaturated/α-hetero) is 3. The van der Waals surface area contributed by atoms with Gasteiger partial charge in [-0.2, -0.15) is 22.0 Å². The lowest BCUT2D eigenvalue weighted by molar-refractivity contribution is -0.279. The van der Waals surface area contributed by atoms with Crippen LogP contribution in [0.2, 0.25) is 0 Å². The lowest BCUT2D eigenvalue weighted by Gasteiger charge is -2.46. The van der Waals surface area contributed by atoms with Crippen LogP contribution in [0.25, 0.3) is 5.76 Å². The summed E-state index contributed by atoms with van der Waals surface area (Å²) in [6, 6.07) is 1.48. The maximum atomic E-state index is 13.7. The lowest BCUT2D eigenvalue weighted by Crippen LogP contribution is -2.61. The molecule has 218 valence electrons. The summed E-state index contributed by atoms with van der Waals surface area (Å²) in [4.78, 5) is 39.1. The van der Waals surface area contributed by atoms with Crippen molar-refractivity contribution in [1.82, 2.24) is 5.32 Å². The van der Waals surface area contributed by atoms with Crippen molar-refractivity contribution in [2.75, 3.05) is 6.54 Å². The highest BCUT2D eigenvalue weighted by molar-refractivity contribution is 6.33. The molecule has 0 saturated heterocycles. The number of hydrogen-bond donors (Lipinski definition) is 4. The molecule has 0 spiro atoms. The van der Waals surface area contributed by atoms with Crippen LogP contribution in [-0.2, 0) is 33.8 Å². The van der Waals surface area contributed by atoms with Gasteiger partial charge in [0.1, 0.15) is 11.5 Å². The third-order valence-electron chi connectivity index (χ3n) is 8.18. The molecule has 40 heavy (non-hydrogen) atoms. The first-order chi connectivity index (χ1) is 18.5. The fraction of sp³-hybridized carbons (Fsp3) is 0.536. The fourth-order valence-electron chi connectivity index (χ4n) is 6.31. The van der Waals surface area contributed by atoms with Gasteiger partial charge in [0.15, 0.2) is 11.4 Å². The highest BCUT2D eigenvalue weighted by Crippen LogP contribution is 2.52. The normalized spacial score (nSPS) is 25.1. The van der Waals surface area contributed by atoms with Gasteiger partial charge in [0.2, 0.25) is 11.6 Å². The molecule has 1 aromatic carbocycles. The number of rotatable bonds is 7. The molecule has 1 saturated carbocycles. The molecule has 3 aliphatic carbocycles. The van der Waals surface area contributed by atoms with Crippen LogP contribution in [0.15, 0.2) is 22.8 Å². The van der Waals surface area contributed by atoms with Gasteiger partial charge in [0, 0.05) is 23.6 Å². The standard InChI is InChI=1S/C28H30F5NO6/c1-4-5-14-7-16(10-34-11-26(29,30)28(31,32)33)22(36)21-18(14)9-15-8-17-6-12(2)19(13(3)35)24(38)27(17,40)25(39)20(15)23(21)37/h7,15,17,34,36-37,40H,4-6,8-11H2,1-3H3/t15-,17-,27-/m1/s1. The van der Waals surface area contributed by atoms with Gasteiger partial charge in [0.25, 0.3) is 0 Å². The van der Waals surface area contributed by atoms with Crippen LogP contribution >= 0.6 is 0 Å². The Balaban J connectivity index is 1.78. The van der Waals surface area contributed by atoms with Crippen molar-refractivity contribution in [1.29, 1.82) is 0 Å². The van der Waals surface area contributed by atoms with Crippen molar-refractivity contribution in [2.24, 2.45) is 11.8 Å². The Hall–Kier alpha value is -3.12. The molecule has 12 heteroatoms. The van der Waals surface area contributed by atoms with Gasteiger partial charge < -0.3 is 20.6 Å². The van der Waals surface area contributed by atoms with Crippen molar-refractivity contribution >= 4 is 23.1 Å². The predicted molar refractivity (Wildman–Crippen MR) is 133 cm³/mol. The summed E-state index contributed by atoms with van der Waals surface area (Å²) in [7, 11) is 0. The van der Waals surface area contributed by atoms with E-state index in [2.05, 4.69) is 0 Å². The number of alkyl halides is 5. The van der Waals surface area contributed by atoms with Crippen LogP contribution < -0.4 is 5.32 Å². The molecule has 3 aliphatic rings. The monoisotopic (exact) mass is 571 g/mol. The Bertz CT molecular complexity index is 1360. The Labute approximate surface area is 226 Å². The number of allylic oxidation sites excluding steroid dienone is 1. The number of phenols is 1. The summed E-state index contributed by atoms with van der Waals surface area (Å²) < 4.78 is 64.5. The summed E-state index contributed by atoms with van der Waals surface area (Å²) in [5.74, 6) is -10.5. The third-order valence-corrected chi connectivity index (χ3v) is 8.18. The Kier molecular flexibility index (Phi) is 7.51. The molecule has 0 aromatic heterocycles. The van der Waals surface area contributed by atoms with Gasteiger partial charge in [-0.15, -0.1) is 0 Å². The molecule has 3 atom stereocenters. The molecule has 4 N–H and O–H groups in total. The van der Waals surface area contributed by atoms with E-state index in [0.29, 0.717) is 29.5 Å². The molecule has 0 unspecified atom stereocenters. The number of fused-ring (bicyclic) bond motifs is 3. The van der Waals surface area contributed by atoms with E-state index in [1.807, 2.05) is 12.2 Å². The number of aromatic hydroxyl groups is 1. The van der Waals surface area contributed by atoms with Gasteiger partial charge in [-0.1, -0.05) is 25.0 Å². The van der Waals surface area contributed by atoms with E-state index in [-0.39, 0.29) is 41.5 Å². The second-order valence-corrected chi connectivity index (χ2v) is 10.9. The van der Waals surface area contributed by atoms with Gasteiger partial charge in [-0.05, 0) is 56.6 Å².